The Hall–Kier alpha value is -1.09. The monoisotopic (exact) mass is 293 g/mol. The maximum absolute atomic E-state index is 13.8. The van der Waals surface area contributed by atoms with Gasteiger partial charge < -0.3 is 10.1 Å². The average molecular weight is 293 g/mol. The van der Waals surface area contributed by atoms with E-state index in [-0.39, 0.29) is 5.82 Å². The van der Waals surface area contributed by atoms with Crippen LogP contribution >= 0.6 is 0 Å². The second-order valence-corrected chi connectivity index (χ2v) is 6.18. The van der Waals surface area contributed by atoms with Gasteiger partial charge in [-0.25, -0.2) is 4.39 Å². The van der Waals surface area contributed by atoms with Gasteiger partial charge in [0.25, 0.3) is 0 Å². The standard InChI is InChI=1S/C18H28FNO/c1-3-10-20-13-16(15-6-4-5-7-15)11-14-8-9-18(21-2)17(19)12-14/h8-9,12,15-16,20H,3-7,10-11,13H2,1-2H3. The Labute approximate surface area is 128 Å². The van der Waals surface area contributed by atoms with Crippen LogP contribution in [0.25, 0.3) is 0 Å². The molecular weight excluding hydrogens is 265 g/mol. The molecule has 1 aliphatic carbocycles. The van der Waals surface area contributed by atoms with Crippen molar-refractivity contribution >= 4 is 0 Å². The van der Waals surface area contributed by atoms with E-state index < -0.39 is 0 Å². The minimum Gasteiger partial charge on any atom is -0.494 e. The van der Waals surface area contributed by atoms with Gasteiger partial charge in [0.15, 0.2) is 11.6 Å². The first-order valence-electron chi connectivity index (χ1n) is 8.27. The smallest absolute Gasteiger partial charge is 0.165 e. The maximum Gasteiger partial charge on any atom is 0.165 e. The second-order valence-electron chi connectivity index (χ2n) is 6.18. The largest absolute Gasteiger partial charge is 0.494 e. The normalized spacial score (nSPS) is 17.1. The molecule has 2 rings (SSSR count). The number of rotatable bonds is 8. The quantitative estimate of drug-likeness (QED) is 0.726. The molecule has 0 aromatic heterocycles. The van der Waals surface area contributed by atoms with Crippen molar-refractivity contribution in [3.05, 3.63) is 29.6 Å². The highest BCUT2D eigenvalue weighted by atomic mass is 19.1. The number of ether oxygens (including phenoxy) is 1. The molecule has 1 saturated carbocycles. The molecule has 0 radical (unpaired) electrons. The zero-order valence-corrected chi connectivity index (χ0v) is 13.3. The average Bonchev–Trinajstić information content (AvgIpc) is 3.01. The molecule has 0 amide bonds. The summed E-state index contributed by atoms with van der Waals surface area (Å²) < 4.78 is 18.8. The van der Waals surface area contributed by atoms with Crippen LogP contribution in [-0.4, -0.2) is 20.2 Å². The summed E-state index contributed by atoms with van der Waals surface area (Å²) in [6, 6.07) is 5.39. The lowest BCUT2D eigenvalue weighted by Crippen LogP contribution is -2.29. The van der Waals surface area contributed by atoms with Gasteiger partial charge in [-0.15, -0.1) is 0 Å². The lowest BCUT2D eigenvalue weighted by molar-refractivity contribution is 0.320. The van der Waals surface area contributed by atoms with Crippen molar-refractivity contribution in [3.63, 3.8) is 0 Å². The second kappa shape index (κ2) is 8.38. The minimum atomic E-state index is -0.248. The van der Waals surface area contributed by atoms with Crippen LogP contribution in [0.3, 0.4) is 0 Å². The molecule has 1 fully saturated rings. The van der Waals surface area contributed by atoms with Crippen molar-refractivity contribution in [1.29, 1.82) is 0 Å². The Bertz CT molecular complexity index is 429. The third kappa shape index (κ3) is 4.70. The van der Waals surface area contributed by atoms with E-state index in [4.69, 9.17) is 4.74 Å². The van der Waals surface area contributed by atoms with E-state index in [1.807, 2.05) is 6.07 Å². The predicted octanol–water partition coefficient (Wildman–Crippen LogP) is 4.18. The van der Waals surface area contributed by atoms with E-state index in [1.54, 1.807) is 12.1 Å². The summed E-state index contributed by atoms with van der Waals surface area (Å²) in [4.78, 5) is 0. The number of hydrogen-bond donors (Lipinski definition) is 1. The van der Waals surface area contributed by atoms with Gasteiger partial charge in [-0.1, -0.05) is 38.7 Å². The Balaban J connectivity index is 2.00. The molecule has 0 spiro atoms. The summed E-state index contributed by atoms with van der Waals surface area (Å²) in [7, 11) is 1.51. The van der Waals surface area contributed by atoms with Crippen LogP contribution in [0.1, 0.15) is 44.6 Å². The van der Waals surface area contributed by atoms with E-state index in [2.05, 4.69) is 12.2 Å². The first-order valence-corrected chi connectivity index (χ1v) is 8.27. The summed E-state index contributed by atoms with van der Waals surface area (Å²) in [5, 5.41) is 3.55. The Morgan fingerprint density at radius 3 is 2.71 bits per heavy atom. The highest BCUT2D eigenvalue weighted by Gasteiger charge is 2.25. The molecule has 1 aliphatic rings. The van der Waals surface area contributed by atoms with Gasteiger partial charge >= 0.3 is 0 Å². The van der Waals surface area contributed by atoms with Gasteiger partial charge in [0.2, 0.25) is 0 Å². The van der Waals surface area contributed by atoms with Gasteiger partial charge in [0.05, 0.1) is 7.11 Å². The molecule has 1 unspecified atom stereocenters. The molecule has 2 nitrogen and oxygen atoms in total. The topological polar surface area (TPSA) is 21.3 Å². The Morgan fingerprint density at radius 1 is 1.33 bits per heavy atom. The number of hydrogen-bond acceptors (Lipinski definition) is 2. The van der Waals surface area contributed by atoms with E-state index in [0.29, 0.717) is 11.7 Å². The van der Waals surface area contributed by atoms with E-state index in [9.17, 15) is 4.39 Å². The van der Waals surface area contributed by atoms with Crippen molar-refractivity contribution in [2.45, 2.75) is 45.4 Å². The molecular formula is C18H28FNO. The lowest BCUT2D eigenvalue weighted by atomic mass is 9.85. The predicted molar refractivity (Wildman–Crippen MR) is 85.3 cm³/mol. The first-order chi connectivity index (χ1) is 10.2. The van der Waals surface area contributed by atoms with Gasteiger partial charge in [0, 0.05) is 0 Å². The molecule has 21 heavy (non-hydrogen) atoms. The Kier molecular flexibility index (Phi) is 6.50. The summed E-state index contributed by atoms with van der Waals surface area (Å²) >= 11 is 0. The summed E-state index contributed by atoms with van der Waals surface area (Å²) in [6.07, 6.45) is 7.49. The number of methoxy groups -OCH3 is 1. The fraction of sp³-hybridized carbons (Fsp3) is 0.667. The van der Waals surface area contributed by atoms with Crippen LogP contribution in [0.2, 0.25) is 0 Å². The van der Waals surface area contributed by atoms with Crippen LogP contribution in [0.15, 0.2) is 18.2 Å². The summed E-state index contributed by atoms with van der Waals surface area (Å²) in [6.45, 7) is 4.31. The van der Waals surface area contributed by atoms with Gasteiger partial charge in [0.1, 0.15) is 0 Å². The zero-order valence-electron chi connectivity index (χ0n) is 13.3. The molecule has 0 aliphatic heterocycles. The summed E-state index contributed by atoms with van der Waals surface area (Å²) in [5.74, 6) is 1.49. The maximum atomic E-state index is 13.8. The molecule has 1 aromatic rings. The van der Waals surface area contributed by atoms with Crippen molar-refractivity contribution in [3.8, 4) is 5.75 Å². The van der Waals surface area contributed by atoms with Crippen molar-refractivity contribution in [2.24, 2.45) is 11.8 Å². The third-order valence-electron chi connectivity index (χ3n) is 4.61. The highest BCUT2D eigenvalue weighted by molar-refractivity contribution is 5.29. The highest BCUT2D eigenvalue weighted by Crippen LogP contribution is 2.33. The van der Waals surface area contributed by atoms with Gasteiger partial charge in [-0.3, -0.25) is 0 Å². The molecule has 0 heterocycles. The SMILES string of the molecule is CCCNCC(Cc1ccc(OC)c(F)c1)C1CCCC1. The van der Waals surface area contributed by atoms with E-state index >= 15 is 0 Å². The third-order valence-corrected chi connectivity index (χ3v) is 4.61. The summed E-state index contributed by atoms with van der Waals surface area (Å²) in [5.41, 5.74) is 1.09. The van der Waals surface area contributed by atoms with Crippen LogP contribution in [0, 0.1) is 17.7 Å². The van der Waals surface area contributed by atoms with Crippen LogP contribution in [-0.2, 0) is 6.42 Å². The van der Waals surface area contributed by atoms with Crippen molar-refractivity contribution in [1.82, 2.24) is 5.32 Å². The molecule has 1 aromatic carbocycles. The lowest BCUT2D eigenvalue weighted by Gasteiger charge is -2.24. The van der Waals surface area contributed by atoms with Crippen molar-refractivity contribution in [2.75, 3.05) is 20.2 Å². The fourth-order valence-electron chi connectivity index (χ4n) is 3.44. The molecule has 1 atom stereocenters. The first kappa shape index (κ1) is 16.3. The molecule has 3 heteroatoms. The molecule has 118 valence electrons. The zero-order chi connectivity index (χ0) is 15.1. The Morgan fingerprint density at radius 2 is 2.10 bits per heavy atom. The number of nitrogens with one attached hydrogen (secondary N) is 1. The fourth-order valence-corrected chi connectivity index (χ4v) is 3.44. The van der Waals surface area contributed by atoms with E-state index in [0.717, 1.165) is 37.4 Å². The van der Waals surface area contributed by atoms with Crippen LogP contribution in [0.4, 0.5) is 4.39 Å². The molecule has 0 saturated heterocycles. The van der Waals surface area contributed by atoms with Crippen LogP contribution < -0.4 is 10.1 Å². The minimum absolute atomic E-state index is 0.248. The van der Waals surface area contributed by atoms with Gasteiger partial charge in [-0.05, 0) is 55.5 Å². The van der Waals surface area contributed by atoms with Crippen LogP contribution in [0.5, 0.6) is 5.75 Å². The molecule has 1 N–H and O–H groups in total. The number of benzene rings is 1. The molecule has 0 bridgehead atoms. The van der Waals surface area contributed by atoms with E-state index in [1.165, 1.54) is 32.8 Å². The number of halogens is 1. The van der Waals surface area contributed by atoms with Crippen molar-refractivity contribution < 1.29 is 9.13 Å². The van der Waals surface area contributed by atoms with Gasteiger partial charge in [-0.2, -0.15) is 0 Å².